The molecule has 3 atom stereocenters. The van der Waals surface area contributed by atoms with Crippen LogP contribution in [0.3, 0.4) is 0 Å². The number of rotatable bonds is 3. The minimum Gasteiger partial charge on any atom is -0.359 e. The second kappa shape index (κ2) is 6.15. The minimum absolute atomic E-state index is 0.0403. The van der Waals surface area contributed by atoms with E-state index in [1.54, 1.807) is 19.2 Å². The highest BCUT2D eigenvalue weighted by Gasteiger charge is 2.44. The van der Waals surface area contributed by atoms with Gasteiger partial charge in [0.1, 0.15) is 5.82 Å². The molecule has 1 aliphatic heterocycles. The Balaban J connectivity index is 1.98. The molecule has 1 saturated heterocycles. The summed E-state index contributed by atoms with van der Waals surface area (Å²) in [6.07, 6.45) is -0.361. The number of amides is 1. The van der Waals surface area contributed by atoms with Crippen molar-refractivity contribution >= 4 is 45.8 Å². The van der Waals surface area contributed by atoms with E-state index in [0.717, 1.165) is 5.39 Å². The van der Waals surface area contributed by atoms with Crippen molar-refractivity contribution in [3.63, 3.8) is 0 Å². The van der Waals surface area contributed by atoms with E-state index in [9.17, 15) is 4.79 Å². The summed E-state index contributed by atoms with van der Waals surface area (Å²) >= 11 is 12.5. The predicted octanol–water partition coefficient (Wildman–Crippen LogP) is 3.96. The monoisotopic (exact) mass is 353 g/mol. The van der Waals surface area contributed by atoms with E-state index in [2.05, 4.69) is 10.4 Å². The van der Waals surface area contributed by atoms with E-state index < -0.39 is 0 Å². The zero-order valence-electron chi connectivity index (χ0n) is 13.0. The van der Waals surface area contributed by atoms with Gasteiger partial charge >= 0.3 is 0 Å². The highest BCUT2D eigenvalue weighted by molar-refractivity contribution is 6.39. The fourth-order valence-electron chi connectivity index (χ4n) is 2.84. The first kappa shape index (κ1) is 16.3. The lowest BCUT2D eigenvalue weighted by Crippen LogP contribution is -2.41. The Hall–Kier alpha value is -1.56. The molecule has 0 saturated carbocycles. The maximum absolute atomic E-state index is 12.4. The Bertz CT molecular complexity index is 768. The summed E-state index contributed by atoms with van der Waals surface area (Å²) in [6.45, 7) is 3.87. The predicted molar refractivity (Wildman–Crippen MR) is 91.4 cm³/mol. The van der Waals surface area contributed by atoms with Crippen molar-refractivity contribution in [2.75, 3.05) is 12.5 Å². The van der Waals surface area contributed by atoms with E-state index in [0.29, 0.717) is 21.4 Å². The van der Waals surface area contributed by atoms with Gasteiger partial charge in [-0.05, 0) is 6.07 Å². The van der Waals surface area contributed by atoms with E-state index in [-0.39, 0.29) is 24.0 Å². The molecule has 1 amide bonds. The van der Waals surface area contributed by atoms with Crippen molar-refractivity contribution in [2.45, 2.75) is 20.1 Å². The van der Waals surface area contributed by atoms with Crippen molar-refractivity contribution in [3.05, 3.63) is 34.3 Å². The van der Waals surface area contributed by atoms with Gasteiger partial charge in [-0.2, -0.15) is 0 Å². The SMILES string of the molecule is COC1C(C)C(C)C(=O)N1Nc1cc(Cl)c2cccc(Cl)c2n1. The normalized spacial score (nSPS) is 24.5. The molecule has 3 rings (SSSR count). The van der Waals surface area contributed by atoms with Crippen LogP contribution in [-0.4, -0.2) is 29.2 Å². The zero-order chi connectivity index (χ0) is 16.7. The maximum Gasteiger partial charge on any atom is 0.246 e. The Morgan fingerprint density at radius 3 is 2.70 bits per heavy atom. The van der Waals surface area contributed by atoms with E-state index in [1.165, 1.54) is 5.01 Å². The number of hydrazine groups is 1. The van der Waals surface area contributed by atoms with Crippen molar-refractivity contribution in [2.24, 2.45) is 11.8 Å². The highest BCUT2D eigenvalue weighted by atomic mass is 35.5. The second-order valence-corrected chi connectivity index (χ2v) is 6.53. The lowest BCUT2D eigenvalue weighted by atomic mass is 9.99. The molecule has 1 aliphatic rings. The standard InChI is InChI=1S/C16H17Cl2N3O2/c1-8-9(2)16(23-3)21(15(8)22)20-13-7-12(18)10-5-4-6-11(17)14(10)19-13/h4-9,16H,1-3H3,(H,19,20). The Kier molecular flexibility index (Phi) is 4.36. The number of carbonyl (C=O) groups is 1. The maximum atomic E-state index is 12.4. The number of hydrogen-bond donors (Lipinski definition) is 1. The van der Waals surface area contributed by atoms with Crippen molar-refractivity contribution in [1.29, 1.82) is 0 Å². The molecule has 5 nitrogen and oxygen atoms in total. The number of pyridine rings is 1. The first-order valence-corrected chi connectivity index (χ1v) is 8.07. The van der Waals surface area contributed by atoms with Crippen LogP contribution in [-0.2, 0) is 9.53 Å². The third-order valence-electron chi connectivity index (χ3n) is 4.34. The second-order valence-electron chi connectivity index (χ2n) is 5.72. The molecule has 0 bridgehead atoms. The number of anilines is 1. The van der Waals surface area contributed by atoms with Gasteiger partial charge in [0, 0.05) is 30.4 Å². The van der Waals surface area contributed by atoms with Crippen LogP contribution in [0.2, 0.25) is 10.0 Å². The van der Waals surface area contributed by atoms with Gasteiger partial charge < -0.3 is 4.74 Å². The molecular formula is C16H17Cl2N3O2. The molecule has 0 radical (unpaired) electrons. The van der Waals surface area contributed by atoms with Gasteiger partial charge in [0.15, 0.2) is 6.23 Å². The number of methoxy groups -OCH3 is 1. The number of halogens is 2. The van der Waals surface area contributed by atoms with Gasteiger partial charge in [0.2, 0.25) is 5.91 Å². The van der Waals surface area contributed by atoms with Crippen LogP contribution >= 0.6 is 23.2 Å². The molecule has 0 aliphatic carbocycles. The summed E-state index contributed by atoms with van der Waals surface area (Å²) in [6, 6.07) is 7.09. The van der Waals surface area contributed by atoms with Crippen LogP contribution < -0.4 is 5.43 Å². The average molecular weight is 354 g/mol. The van der Waals surface area contributed by atoms with Crippen molar-refractivity contribution in [3.8, 4) is 0 Å². The molecule has 1 aromatic heterocycles. The molecule has 122 valence electrons. The molecule has 3 unspecified atom stereocenters. The van der Waals surface area contributed by atoms with E-state index >= 15 is 0 Å². The van der Waals surface area contributed by atoms with Crippen LogP contribution in [0.25, 0.3) is 10.9 Å². The fraction of sp³-hybridized carbons (Fsp3) is 0.375. The number of para-hydroxylation sites is 1. The van der Waals surface area contributed by atoms with E-state index in [4.69, 9.17) is 27.9 Å². The lowest BCUT2D eigenvalue weighted by molar-refractivity contribution is -0.134. The van der Waals surface area contributed by atoms with Gasteiger partial charge in [0.25, 0.3) is 0 Å². The van der Waals surface area contributed by atoms with Crippen molar-refractivity contribution in [1.82, 2.24) is 9.99 Å². The topological polar surface area (TPSA) is 54.5 Å². The molecular weight excluding hydrogens is 337 g/mol. The number of carbonyl (C=O) groups excluding carboxylic acids is 1. The molecule has 23 heavy (non-hydrogen) atoms. The van der Waals surface area contributed by atoms with Gasteiger partial charge in [-0.15, -0.1) is 0 Å². The highest BCUT2D eigenvalue weighted by Crippen LogP contribution is 2.33. The molecule has 2 aromatic rings. The Morgan fingerprint density at radius 1 is 1.26 bits per heavy atom. The summed E-state index contributed by atoms with van der Waals surface area (Å²) in [5.74, 6) is 0.348. The number of hydrogen-bond acceptors (Lipinski definition) is 4. The number of aromatic nitrogens is 1. The fourth-order valence-corrected chi connectivity index (χ4v) is 3.32. The Morgan fingerprint density at radius 2 is 2.00 bits per heavy atom. The van der Waals surface area contributed by atoms with E-state index in [1.807, 2.05) is 26.0 Å². The molecule has 0 spiro atoms. The van der Waals surface area contributed by atoms with Gasteiger partial charge in [-0.25, -0.2) is 9.99 Å². The molecule has 1 N–H and O–H groups in total. The molecule has 1 fully saturated rings. The summed E-state index contributed by atoms with van der Waals surface area (Å²) in [5, 5.41) is 3.26. The van der Waals surface area contributed by atoms with Crippen LogP contribution in [0.4, 0.5) is 5.82 Å². The number of nitrogens with one attached hydrogen (secondary N) is 1. The molecule has 1 aromatic carbocycles. The largest absolute Gasteiger partial charge is 0.359 e. The zero-order valence-corrected chi connectivity index (χ0v) is 14.5. The number of fused-ring (bicyclic) bond motifs is 1. The number of nitrogens with zero attached hydrogens (tertiary/aromatic N) is 2. The molecule has 7 heteroatoms. The average Bonchev–Trinajstić information content (AvgIpc) is 2.72. The van der Waals surface area contributed by atoms with Crippen molar-refractivity contribution < 1.29 is 9.53 Å². The molecule has 2 heterocycles. The van der Waals surface area contributed by atoms with Crippen LogP contribution in [0, 0.1) is 11.8 Å². The summed E-state index contributed by atoms with van der Waals surface area (Å²) in [7, 11) is 1.58. The van der Waals surface area contributed by atoms with Gasteiger partial charge in [-0.1, -0.05) is 49.2 Å². The first-order chi connectivity index (χ1) is 10.9. The smallest absolute Gasteiger partial charge is 0.246 e. The van der Waals surface area contributed by atoms with Crippen LogP contribution in [0.15, 0.2) is 24.3 Å². The quantitative estimate of drug-likeness (QED) is 0.907. The third kappa shape index (κ3) is 2.73. The summed E-state index contributed by atoms with van der Waals surface area (Å²) in [4.78, 5) is 16.9. The van der Waals surface area contributed by atoms with Crippen LogP contribution in [0.5, 0.6) is 0 Å². The lowest BCUT2D eigenvalue weighted by Gasteiger charge is -2.26. The number of benzene rings is 1. The summed E-state index contributed by atoms with van der Waals surface area (Å²) in [5.41, 5.74) is 3.61. The third-order valence-corrected chi connectivity index (χ3v) is 4.95. The van der Waals surface area contributed by atoms with Gasteiger partial charge in [-0.3, -0.25) is 10.2 Å². The Labute approximate surface area is 144 Å². The van der Waals surface area contributed by atoms with Gasteiger partial charge in [0.05, 0.1) is 15.6 Å². The number of ether oxygens (including phenoxy) is 1. The minimum atomic E-state index is -0.361. The van der Waals surface area contributed by atoms with Crippen LogP contribution in [0.1, 0.15) is 13.8 Å². The first-order valence-electron chi connectivity index (χ1n) is 7.31. The summed E-state index contributed by atoms with van der Waals surface area (Å²) < 4.78 is 5.45.